The first kappa shape index (κ1) is 27.3. The smallest absolute Gasteiger partial charge is 0.319 e. The highest BCUT2D eigenvalue weighted by atomic mass is 32.3. The third kappa shape index (κ3) is 3.89. The van der Waals surface area contributed by atoms with Gasteiger partial charge < -0.3 is 4.18 Å². The molecule has 0 aliphatic carbocycles. The molecule has 0 bridgehead atoms. The van der Waals surface area contributed by atoms with Crippen molar-refractivity contribution in [2.24, 2.45) is 0 Å². The van der Waals surface area contributed by atoms with Crippen molar-refractivity contribution < 1.29 is 87.8 Å². The fourth-order valence-electron chi connectivity index (χ4n) is 1.24. The first-order valence-corrected chi connectivity index (χ1v) is 7.04. The Hall–Kier alpha value is -1.67. The molecule has 0 aliphatic rings. The third-order valence-electron chi connectivity index (χ3n) is 2.77. The van der Waals surface area contributed by atoms with Crippen molar-refractivity contribution >= 4 is 16.4 Å². The van der Waals surface area contributed by atoms with Crippen molar-refractivity contribution in [1.29, 1.82) is 0 Å². The van der Waals surface area contributed by atoms with Crippen LogP contribution in [0.1, 0.15) is 0 Å². The Morgan fingerprint density at radius 3 is 1.14 bits per heavy atom. The second kappa shape index (κ2) is 6.67. The topological polar surface area (TPSA) is 80.7 Å². The average molecular weight is 494 g/mol. The zero-order valence-corrected chi connectivity index (χ0v) is 13.0. The van der Waals surface area contributed by atoms with Crippen molar-refractivity contribution in [3.05, 3.63) is 0 Å². The van der Waals surface area contributed by atoms with Gasteiger partial charge in [-0.3, -0.25) is 4.55 Å². The number of hydrogen-bond acceptors (Lipinski definition) is 4. The lowest BCUT2D eigenvalue weighted by atomic mass is 9.91. The molecule has 0 radical (unpaired) electrons. The van der Waals surface area contributed by atoms with E-state index in [1.165, 1.54) is 0 Å². The molecule has 174 valence electrons. The summed E-state index contributed by atoms with van der Waals surface area (Å²) in [7, 11) is -6.53. The van der Waals surface area contributed by atoms with Crippen molar-refractivity contribution in [3.63, 3.8) is 0 Å². The largest absolute Gasteiger partial charge is 0.460 e. The Kier molecular flexibility index (Phi) is 6.29. The second-order valence-corrected chi connectivity index (χ2v) is 5.76. The Morgan fingerprint density at radius 2 is 0.862 bits per heavy atom. The van der Waals surface area contributed by atoms with Crippen LogP contribution in [0.5, 0.6) is 0 Å². The van der Waals surface area contributed by atoms with Crippen molar-refractivity contribution in [3.8, 4) is 0 Å². The van der Waals surface area contributed by atoms with Crippen LogP contribution in [0.25, 0.3) is 0 Å². The van der Waals surface area contributed by atoms with E-state index >= 15 is 0 Å². The molecule has 0 unspecified atom stereocenters. The van der Waals surface area contributed by atoms with E-state index < -0.39 is 58.1 Å². The predicted molar refractivity (Wildman–Crippen MR) is 53.4 cm³/mol. The lowest BCUT2D eigenvalue weighted by molar-refractivity contribution is -0.450. The van der Waals surface area contributed by atoms with E-state index in [2.05, 4.69) is 4.18 Å². The van der Waals surface area contributed by atoms with Gasteiger partial charge in [0.15, 0.2) is 0 Å². The number of carbonyl (C=O) groups excluding carboxylic acids is 1. The van der Waals surface area contributed by atoms with E-state index in [9.17, 15) is 79.1 Å². The van der Waals surface area contributed by atoms with Gasteiger partial charge in [-0.1, -0.05) is 0 Å². The predicted octanol–water partition coefficient (Wildman–Crippen LogP) is 3.71. The Morgan fingerprint density at radius 1 is 0.586 bits per heavy atom. The van der Waals surface area contributed by atoms with Crippen molar-refractivity contribution in [2.75, 3.05) is 0 Å². The number of alkyl halides is 15. The molecule has 21 heteroatoms. The summed E-state index contributed by atoms with van der Waals surface area (Å²) in [5, 5.41) is 0. The van der Waals surface area contributed by atoms with E-state index in [0.717, 1.165) is 0 Å². The zero-order chi connectivity index (χ0) is 24.3. The molecule has 0 spiro atoms. The van der Waals surface area contributed by atoms with Gasteiger partial charge in [-0.05, 0) is 0 Å². The summed E-state index contributed by atoms with van der Waals surface area (Å²) in [5.41, 5.74) is 0. The fraction of sp³-hybridized carbons (Fsp3) is 0.875. The van der Waals surface area contributed by atoms with Crippen LogP contribution < -0.4 is 0 Å². The van der Waals surface area contributed by atoms with Crippen LogP contribution in [-0.2, 0) is 19.4 Å². The lowest BCUT2D eigenvalue weighted by Gasteiger charge is -2.40. The van der Waals surface area contributed by atoms with Gasteiger partial charge in [0.05, 0.1) is 0 Å². The molecule has 0 aromatic heterocycles. The highest BCUT2D eigenvalue weighted by molar-refractivity contribution is 7.81. The van der Waals surface area contributed by atoms with Gasteiger partial charge >= 0.3 is 58.1 Å². The number of hydrogen-bond donors (Lipinski definition) is 1. The van der Waals surface area contributed by atoms with Crippen molar-refractivity contribution in [1.82, 2.24) is 0 Å². The van der Waals surface area contributed by atoms with E-state index in [1.54, 1.807) is 0 Å². The molecule has 0 rings (SSSR count). The van der Waals surface area contributed by atoms with E-state index in [-0.39, 0.29) is 0 Å². The zero-order valence-electron chi connectivity index (χ0n) is 12.2. The summed E-state index contributed by atoms with van der Waals surface area (Å²) in [6, 6.07) is 0. The molecular weight excluding hydrogens is 493 g/mol. The number of rotatable bonds is 7. The lowest BCUT2D eigenvalue weighted by Crippen LogP contribution is -2.73. The molecule has 0 aromatic rings. The first-order chi connectivity index (χ1) is 12.1. The first-order valence-electron chi connectivity index (χ1n) is 5.68. The highest BCUT2D eigenvalue weighted by Gasteiger charge is 2.94. The summed E-state index contributed by atoms with van der Waals surface area (Å²) in [6.07, 6.45) is -7.79. The van der Waals surface area contributed by atoms with Crippen LogP contribution in [0.3, 0.4) is 0 Å². The molecule has 0 amide bonds. The quantitative estimate of drug-likeness (QED) is 0.432. The van der Waals surface area contributed by atoms with Crippen molar-refractivity contribution in [2.45, 2.75) is 41.7 Å². The molecule has 0 atom stereocenters. The maximum atomic E-state index is 13.1. The van der Waals surface area contributed by atoms with Gasteiger partial charge in [0.2, 0.25) is 0 Å². The molecule has 5 nitrogen and oxygen atoms in total. The van der Waals surface area contributed by atoms with Gasteiger partial charge in [-0.2, -0.15) is 74.3 Å². The maximum Gasteiger partial charge on any atom is 0.460 e. The maximum absolute atomic E-state index is 13.1. The monoisotopic (exact) mass is 494 g/mol. The molecule has 0 aliphatic heterocycles. The minimum absolute atomic E-state index is 2.07. The van der Waals surface area contributed by atoms with E-state index in [0.29, 0.717) is 0 Å². The Balaban J connectivity index is 6.61. The van der Waals surface area contributed by atoms with Crippen LogP contribution in [0, 0.1) is 0 Å². The number of carbonyl (C=O) groups is 1. The van der Waals surface area contributed by atoms with Gasteiger partial charge in [0.25, 0.3) is 0 Å². The van der Waals surface area contributed by atoms with Crippen LogP contribution in [0.2, 0.25) is 0 Å². The summed E-state index contributed by atoms with van der Waals surface area (Å²) in [5.74, 6) is -54.3. The SMILES string of the molecule is O=C(OS(=O)(=O)O)C(F)(F)C(F)(F)C(F)(F)C(F)(F)C(F)(F)C(F)(F)C(F)(F)F. The molecule has 0 heterocycles. The highest BCUT2D eigenvalue weighted by Crippen LogP contribution is 2.62. The van der Waals surface area contributed by atoms with Crippen LogP contribution in [0.15, 0.2) is 0 Å². The standard InChI is InChI=1S/C8HF15O5S/c9-2(10,1(24)28-29(25,26)27)3(11,12)4(13,14)5(15,16)6(17,18)7(19,20)8(21,22)23/h(H,25,26,27). The molecule has 0 saturated heterocycles. The molecular formula is C8HF15O5S. The molecule has 1 N–H and O–H groups in total. The minimum atomic E-state index is -8.65. The minimum Gasteiger partial charge on any atom is -0.319 e. The van der Waals surface area contributed by atoms with Crippen LogP contribution in [-0.4, -0.2) is 60.7 Å². The van der Waals surface area contributed by atoms with E-state index in [4.69, 9.17) is 4.55 Å². The van der Waals surface area contributed by atoms with Crippen LogP contribution >= 0.6 is 0 Å². The molecule has 29 heavy (non-hydrogen) atoms. The van der Waals surface area contributed by atoms with Crippen LogP contribution in [0.4, 0.5) is 65.9 Å². The third-order valence-corrected chi connectivity index (χ3v) is 3.13. The Labute approximate surface area is 147 Å². The molecule has 0 aromatic carbocycles. The summed E-state index contributed by atoms with van der Waals surface area (Å²) in [4.78, 5) is 10.4. The summed E-state index contributed by atoms with van der Waals surface area (Å²) < 4.78 is 220. The molecule has 0 saturated carbocycles. The fourth-order valence-corrected chi connectivity index (χ4v) is 1.54. The second-order valence-electron chi connectivity index (χ2n) is 4.74. The average Bonchev–Trinajstić information content (AvgIpc) is 2.42. The van der Waals surface area contributed by atoms with Gasteiger partial charge in [0.1, 0.15) is 0 Å². The summed E-state index contributed by atoms with van der Waals surface area (Å²) in [6.45, 7) is 0. The van der Waals surface area contributed by atoms with Gasteiger partial charge in [-0.15, -0.1) is 0 Å². The van der Waals surface area contributed by atoms with Gasteiger partial charge in [-0.25, -0.2) is 4.79 Å². The molecule has 0 fully saturated rings. The number of halogens is 15. The normalized spacial score (nSPS) is 16.0. The Bertz CT molecular complexity index is 751. The summed E-state index contributed by atoms with van der Waals surface area (Å²) >= 11 is 0. The van der Waals surface area contributed by atoms with Gasteiger partial charge in [0, 0.05) is 0 Å². The van der Waals surface area contributed by atoms with E-state index in [1.807, 2.05) is 0 Å².